The Bertz CT molecular complexity index is 160. The maximum absolute atomic E-state index is 9.50. The first-order valence-electron chi connectivity index (χ1n) is 5.85. The van der Waals surface area contributed by atoms with Crippen LogP contribution in [0.4, 0.5) is 0 Å². The van der Waals surface area contributed by atoms with Gasteiger partial charge in [0.15, 0.2) is 0 Å². The Balaban J connectivity index is 1.87. The van der Waals surface area contributed by atoms with E-state index >= 15 is 0 Å². The number of ether oxygens (including phenoxy) is 2. The van der Waals surface area contributed by atoms with Crippen molar-refractivity contribution in [3.8, 4) is 0 Å². The Hall–Kier alpha value is -0.160. The molecule has 0 bridgehead atoms. The van der Waals surface area contributed by atoms with Gasteiger partial charge < -0.3 is 20.3 Å². The second kappa shape index (κ2) is 7.17. The highest BCUT2D eigenvalue weighted by Crippen LogP contribution is 2.21. The monoisotopic (exact) mass is 217 g/mol. The molecule has 1 atom stereocenters. The second-order valence-corrected chi connectivity index (χ2v) is 4.27. The summed E-state index contributed by atoms with van der Waals surface area (Å²) in [6, 6.07) is 0.299. The van der Waals surface area contributed by atoms with Gasteiger partial charge in [0.25, 0.3) is 0 Å². The lowest BCUT2D eigenvalue weighted by molar-refractivity contribution is -0.0702. The smallest absolute Gasteiger partial charge is 0.101 e. The van der Waals surface area contributed by atoms with E-state index in [1.807, 2.05) is 0 Å². The third-order valence-electron chi connectivity index (χ3n) is 2.61. The molecule has 0 aromatic carbocycles. The lowest BCUT2D eigenvalue weighted by Crippen LogP contribution is -2.43. The van der Waals surface area contributed by atoms with Gasteiger partial charge in [0.05, 0.1) is 19.3 Å². The summed E-state index contributed by atoms with van der Waals surface area (Å²) in [5.74, 6) is 0. The third-order valence-corrected chi connectivity index (χ3v) is 2.61. The average Bonchev–Trinajstić information content (AvgIpc) is 2.18. The fraction of sp³-hybridized carbons (Fsp3) is 1.00. The standard InChI is InChI=1S/C11H23NO3/c1-2-3-4-14-7-10(13)8-15-11-5-9(12)6-11/h9-11,13H,2-8,12H2,1H3. The number of hydrogen-bond donors (Lipinski definition) is 2. The van der Waals surface area contributed by atoms with Crippen molar-refractivity contribution in [2.24, 2.45) is 5.73 Å². The Kier molecular flexibility index (Phi) is 6.17. The van der Waals surface area contributed by atoms with Crippen molar-refractivity contribution in [1.82, 2.24) is 0 Å². The number of unbranched alkanes of at least 4 members (excludes halogenated alkanes) is 1. The molecule has 3 N–H and O–H groups in total. The Morgan fingerprint density at radius 2 is 2.13 bits per heavy atom. The summed E-state index contributed by atoms with van der Waals surface area (Å²) >= 11 is 0. The number of aliphatic hydroxyl groups is 1. The zero-order chi connectivity index (χ0) is 11.1. The predicted octanol–water partition coefficient (Wildman–Crippen LogP) is 0.670. The van der Waals surface area contributed by atoms with Gasteiger partial charge in [-0.05, 0) is 19.3 Å². The van der Waals surface area contributed by atoms with Crippen molar-refractivity contribution >= 4 is 0 Å². The molecule has 15 heavy (non-hydrogen) atoms. The molecular weight excluding hydrogens is 194 g/mol. The van der Waals surface area contributed by atoms with Crippen LogP contribution in [0.5, 0.6) is 0 Å². The average molecular weight is 217 g/mol. The first kappa shape index (κ1) is 12.9. The molecule has 0 spiro atoms. The number of hydrogen-bond acceptors (Lipinski definition) is 4. The molecule has 0 aliphatic heterocycles. The highest BCUT2D eigenvalue weighted by Gasteiger charge is 2.26. The predicted molar refractivity (Wildman–Crippen MR) is 58.7 cm³/mol. The molecule has 1 rings (SSSR count). The van der Waals surface area contributed by atoms with Gasteiger partial charge in [0, 0.05) is 12.6 Å². The molecule has 90 valence electrons. The van der Waals surface area contributed by atoms with Crippen molar-refractivity contribution in [3.63, 3.8) is 0 Å². The summed E-state index contributed by atoms with van der Waals surface area (Å²) in [7, 11) is 0. The largest absolute Gasteiger partial charge is 0.388 e. The first-order valence-corrected chi connectivity index (χ1v) is 5.85. The van der Waals surface area contributed by atoms with E-state index in [9.17, 15) is 5.11 Å². The molecular formula is C11H23NO3. The summed E-state index contributed by atoms with van der Waals surface area (Å²) in [5.41, 5.74) is 5.62. The Morgan fingerprint density at radius 3 is 2.73 bits per heavy atom. The topological polar surface area (TPSA) is 64.7 Å². The van der Waals surface area contributed by atoms with Crippen LogP contribution in [0.25, 0.3) is 0 Å². The van der Waals surface area contributed by atoms with Crippen LogP contribution >= 0.6 is 0 Å². The number of aliphatic hydroxyl groups excluding tert-OH is 1. The molecule has 4 nitrogen and oxygen atoms in total. The van der Waals surface area contributed by atoms with Gasteiger partial charge in [-0.25, -0.2) is 0 Å². The minimum Gasteiger partial charge on any atom is -0.388 e. The molecule has 4 heteroatoms. The minimum absolute atomic E-state index is 0.255. The van der Waals surface area contributed by atoms with Crippen LogP contribution in [0.15, 0.2) is 0 Å². The SMILES string of the molecule is CCCCOCC(O)COC1CC(N)C1. The van der Waals surface area contributed by atoms with Crippen molar-refractivity contribution in [2.75, 3.05) is 19.8 Å². The van der Waals surface area contributed by atoms with Gasteiger partial charge in [-0.15, -0.1) is 0 Å². The molecule has 0 heterocycles. The lowest BCUT2D eigenvalue weighted by Gasteiger charge is -2.32. The molecule has 0 amide bonds. The fourth-order valence-electron chi connectivity index (χ4n) is 1.50. The molecule has 1 unspecified atom stereocenters. The van der Waals surface area contributed by atoms with E-state index in [4.69, 9.17) is 15.2 Å². The quantitative estimate of drug-likeness (QED) is 0.587. The maximum Gasteiger partial charge on any atom is 0.101 e. The van der Waals surface area contributed by atoms with Crippen LogP contribution in [-0.2, 0) is 9.47 Å². The Morgan fingerprint density at radius 1 is 1.40 bits per heavy atom. The van der Waals surface area contributed by atoms with Gasteiger partial charge in [0.1, 0.15) is 6.10 Å². The van der Waals surface area contributed by atoms with E-state index in [0.717, 1.165) is 32.3 Å². The van der Waals surface area contributed by atoms with Crippen LogP contribution < -0.4 is 5.73 Å². The molecule has 1 aliphatic rings. The molecule has 0 aromatic rings. The summed E-state index contributed by atoms with van der Waals surface area (Å²) in [6.07, 6.45) is 3.76. The first-order chi connectivity index (χ1) is 7.22. The maximum atomic E-state index is 9.50. The summed E-state index contributed by atoms with van der Waals surface area (Å²) in [6.45, 7) is 3.58. The normalized spacial score (nSPS) is 27.4. The Labute approximate surface area is 91.7 Å². The highest BCUT2D eigenvalue weighted by atomic mass is 16.5. The van der Waals surface area contributed by atoms with Crippen molar-refractivity contribution in [1.29, 1.82) is 0 Å². The van der Waals surface area contributed by atoms with Crippen LogP contribution in [0.3, 0.4) is 0 Å². The van der Waals surface area contributed by atoms with E-state index in [1.165, 1.54) is 0 Å². The van der Waals surface area contributed by atoms with E-state index < -0.39 is 6.10 Å². The van der Waals surface area contributed by atoms with Crippen LogP contribution in [0, 0.1) is 0 Å². The van der Waals surface area contributed by atoms with Gasteiger partial charge in [-0.2, -0.15) is 0 Å². The summed E-state index contributed by atoms with van der Waals surface area (Å²) in [5, 5.41) is 9.50. The number of rotatable bonds is 8. The second-order valence-electron chi connectivity index (χ2n) is 4.27. The van der Waals surface area contributed by atoms with Gasteiger partial charge in [0.2, 0.25) is 0 Å². The molecule has 1 saturated carbocycles. The van der Waals surface area contributed by atoms with Crippen LogP contribution in [-0.4, -0.2) is 43.2 Å². The summed E-state index contributed by atoms with van der Waals surface area (Å²) < 4.78 is 10.7. The van der Waals surface area contributed by atoms with Crippen molar-refractivity contribution in [2.45, 2.75) is 50.9 Å². The van der Waals surface area contributed by atoms with E-state index in [-0.39, 0.29) is 6.10 Å². The van der Waals surface area contributed by atoms with Crippen LogP contribution in [0.2, 0.25) is 0 Å². The van der Waals surface area contributed by atoms with Crippen molar-refractivity contribution in [3.05, 3.63) is 0 Å². The molecule has 0 saturated heterocycles. The van der Waals surface area contributed by atoms with Gasteiger partial charge >= 0.3 is 0 Å². The zero-order valence-electron chi connectivity index (χ0n) is 9.52. The third kappa shape index (κ3) is 5.47. The molecule has 1 aliphatic carbocycles. The molecule has 0 aromatic heterocycles. The number of nitrogens with two attached hydrogens (primary N) is 1. The van der Waals surface area contributed by atoms with Gasteiger partial charge in [-0.1, -0.05) is 13.3 Å². The summed E-state index contributed by atoms with van der Waals surface area (Å²) in [4.78, 5) is 0. The van der Waals surface area contributed by atoms with Crippen molar-refractivity contribution < 1.29 is 14.6 Å². The minimum atomic E-state index is -0.501. The van der Waals surface area contributed by atoms with Gasteiger partial charge in [-0.3, -0.25) is 0 Å². The molecule has 1 fully saturated rings. The molecule has 0 radical (unpaired) electrons. The van der Waals surface area contributed by atoms with E-state index in [1.54, 1.807) is 0 Å². The van der Waals surface area contributed by atoms with Crippen LogP contribution in [0.1, 0.15) is 32.6 Å². The van der Waals surface area contributed by atoms with E-state index in [0.29, 0.717) is 19.3 Å². The fourth-order valence-corrected chi connectivity index (χ4v) is 1.50. The lowest BCUT2D eigenvalue weighted by atomic mass is 9.90. The zero-order valence-corrected chi connectivity index (χ0v) is 9.52. The highest BCUT2D eigenvalue weighted by molar-refractivity contribution is 4.83. The van der Waals surface area contributed by atoms with E-state index in [2.05, 4.69) is 6.92 Å².